The molecule has 21 heavy (non-hydrogen) atoms. The molecule has 5 heteroatoms. The van der Waals surface area contributed by atoms with Gasteiger partial charge in [0, 0.05) is 16.8 Å². The van der Waals surface area contributed by atoms with E-state index in [0.29, 0.717) is 11.3 Å². The van der Waals surface area contributed by atoms with Gasteiger partial charge in [-0.05, 0) is 36.8 Å². The summed E-state index contributed by atoms with van der Waals surface area (Å²) in [4.78, 5) is 0. The molecule has 0 radical (unpaired) electrons. The van der Waals surface area contributed by atoms with Gasteiger partial charge in [0.25, 0.3) is 0 Å². The zero-order valence-electron chi connectivity index (χ0n) is 11.9. The van der Waals surface area contributed by atoms with E-state index in [-0.39, 0.29) is 11.6 Å². The third-order valence-corrected chi connectivity index (χ3v) is 3.64. The lowest BCUT2D eigenvalue weighted by molar-refractivity contribution is 0.224. The minimum atomic E-state index is -0.836. The molecule has 112 valence electrons. The highest BCUT2D eigenvalue weighted by molar-refractivity contribution is 6.31. The van der Waals surface area contributed by atoms with Crippen molar-refractivity contribution in [3.05, 3.63) is 58.9 Å². The predicted molar refractivity (Wildman–Crippen MR) is 82.5 cm³/mol. The summed E-state index contributed by atoms with van der Waals surface area (Å²) in [6.07, 6.45) is 0. The van der Waals surface area contributed by atoms with E-state index in [4.69, 9.17) is 16.3 Å². The van der Waals surface area contributed by atoms with Crippen LogP contribution in [0.25, 0.3) is 0 Å². The standard InChI is InChI=1S/C16H17ClFNO2/c1-16(10-20,14-7-6-11(18)8-15(14)17)19-12-4-3-5-13(9-12)21-2/h3-9,19-20H,10H2,1-2H3. The first-order chi connectivity index (χ1) is 9.98. The van der Waals surface area contributed by atoms with Crippen LogP contribution in [0.4, 0.5) is 10.1 Å². The molecule has 0 fully saturated rings. The number of ether oxygens (including phenoxy) is 1. The van der Waals surface area contributed by atoms with Crippen LogP contribution in [0.15, 0.2) is 42.5 Å². The van der Waals surface area contributed by atoms with Crippen LogP contribution in [0.5, 0.6) is 5.75 Å². The Hall–Kier alpha value is -1.78. The summed E-state index contributed by atoms with van der Waals surface area (Å²) in [5, 5.41) is 13.3. The average Bonchev–Trinajstić information content (AvgIpc) is 2.47. The number of aliphatic hydroxyl groups excluding tert-OH is 1. The van der Waals surface area contributed by atoms with Crippen LogP contribution in [0.2, 0.25) is 5.02 Å². The first-order valence-electron chi connectivity index (χ1n) is 6.47. The van der Waals surface area contributed by atoms with Gasteiger partial charge in [-0.25, -0.2) is 4.39 Å². The fourth-order valence-electron chi connectivity index (χ4n) is 2.15. The van der Waals surface area contributed by atoms with Gasteiger partial charge in [0.05, 0.1) is 19.3 Å². The second-order valence-corrected chi connectivity index (χ2v) is 5.38. The maximum absolute atomic E-state index is 13.2. The molecule has 0 saturated carbocycles. The van der Waals surface area contributed by atoms with Gasteiger partial charge in [0.1, 0.15) is 11.6 Å². The summed E-state index contributed by atoms with van der Waals surface area (Å²) in [6.45, 7) is 1.60. The highest BCUT2D eigenvalue weighted by Crippen LogP contribution is 2.32. The Morgan fingerprint density at radius 2 is 2.05 bits per heavy atom. The van der Waals surface area contributed by atoms with Crippen molar-refractivity contribution in [2.75, 3.05) is 19.0 Å². The average molecular weight is 310 g/mol. The summed E-state index contributed by atoms with van der Waals surface area (Å²) in [7, 11) is 1.58. The Kier molecular flexibility index (Phi) is 4.70. The quantitative estimate of drug-likeness (QED) is 0.882. The topological polar surface area (TPSA) is 41.5 Å². The van der Waals surface area contributed by atoms with Crippen molar-refractivity contribution in [3.63, 3.8) is 0 Å². The van der Waals surface area contributed by atoms with Crippen molar-refractivity contribution >= 4 is 17.3 Å². The molecule has 0 heterocycles. The minimum Gasteiger partial charge on any atom is -0.497 e. The summed E-state index contributed by atoms with van der Waals surface area (Å²) < 4.78 is 18.4. The molecule has 0 aliphatic heterocycles. The molecule has 2 aromatic carbocycles. The van der Waals surface area contributed by atoms with Crippen molar-refractivity contribution in [3.8, 4) is 5.75 Å². The fraction of sp³-hybridized carbons (Fsp3) is 0.250. The van der Waals surface area contributed by atoms with Crippen LogP contribution in [0.1, 0.15) is 12.5 Å². The van der Waals surface area contributed by atoms with Gasteiger partial charge < -0.3 is 15.2 Å². The molecule has 0 saturated heterocycles. The smallest absolute Gasteiger partial charge is 0.124 e. The Balaban J connectivity index is 2.36. The summed E-state index contributed by atoms with van der Waals surface area (Å²) in [6, 6.07) is 11.5. The fourth-order valence-corrected chi connectivity index (χ4v) is 2.52. The van der Waals surface area contributed by atoms with Crippen molar-refractivity contribution in [1.29, 1.82) is 0 Å². The van der Waals surface area contributed by atoms with E-state index in [2.05, 4.69) is 5.32 Å². The number of hydrogen-bond donors (Lipinski definition) is 2. The molecule has 0 aromatic heterocycles. The van der Waals surface area contributed by atoms with Crippen molar-refractivity contribution in [2.24, 2.45) is 0 Å². The van der Waals surface area contributed by atoms with E-state index in [1.165, 1.54) is 12.1 Å². The SMILES string of the molecule is COc1cccc(NC(C)(CO)c2ccc(F)cc2Cl)c1. The van der Waals surface area contributed by atoms with Crippen LogP contribution in [-0.2, 0) is 5.54 Å². The van der Waals surface area contributed by atoms with E-state index in [1.54, 1.807) is 20.1 Å². The van der Waals surface area contributed by atoms with Crippen molar-refractivity contribution in [1.82, 2.24) is 0 Å². The number of anilines is 1. The minimum absolute atomic E-state index is 0.199. The Labute approximate surface area is 128 Å². The zero-order chi connectivity index (χ0) is 15.5. The van der Waals surface area contributed by atoms with Crippen LogP contribution < -0.4 is 10.1 Å². The monoisotopic (exact) mass is 309 g/mol. The van der Waals surface area contributed by atoms with Crippen LogP contribution >= 0.6 is 11.6 Å². The van der Waals surface area contributed by atoms with Gasteiger partial charge in [-0.15, -0.1) is 0 Å². The van der Waals surface area contributed by atoms with Gasteiger partial charge >= 0.3 is 0 Å². The van der Waals surface area contributed by atoms with Crippen LogP contribution in [0, 0.1) is 5.82 Å². The lowest BCUT2D eigenvalue weighted by Gasteiger charge is -2.31. The van der Waals surface area contributed by atoms with Crippen molar-refractivity contribution < 1.29 is 14.2 Å². The van der Waals surface area contributed by atoms with E-state index < -0.39 is 11.4 Å². The van der Waals surface area contributed by atoms with E-state index in [1.807, 2.05) is 24.3 Å². The number of aliphatic hydroxyl groups is 1. The third kappa shape index (κ3) is 3.46. The largest absolute Gasteiger partial charge is 0.497 e. The van der Waals surface area contributed by atoms with Gasteiger partial charge in [0.15, 0.2) is 0 Å². The van der Waals surface area contributed by atoms with E-state index >= 15 is 0 Å². The number of methoxy groups -OCH3 is 1. The highest BCUT2D eigenvalue weighted by Gasteiger charge is 2.28. The second-order valence-electron chi connectivity index (χ2n) is 4.97. The summed E-state index contributed by atoms with van der Waals surface area (Å²) in [5.41, 5.74) is 0.555. The van der Waals surface area contributed by atoms with Crippen molar-refractivity contribution in [2.45, 2.75) is 12.5 Å². The molecule has 1 unspecified atom stereocenters. The number of hydrogen-bond acceptors (Lipinski definition) is 3. The van der Waals surface area contributed by atoms with Crippen LogP contribution in [-0.4, -0.2) is 18.8 Å². The molecular formula is C16H17ClFNO2. The lowest BCUT2D eigenvalue weighted by Crippen LogP contribution is -2.36. The maximum Gasteiger partial charge on any atom is 0.124 e. The highest BCUT2D eigenvalue weighted by atomic mass is 35.5. The Morgan fingerprint density at radius 1 is 1.29 bits per heavy atom. The molecule has 1 atom stereocenters. The van der Waals surface area contributed by atoms with E-state index in [9.17, 15) is 9.50 Å². The number of nitrogens with one attached hydrogen (secondary N) is 1. The lowest BCUT2D eigenvalue weighted by atomic mass is 9.92. The van der Waals surface area contributed by atoms with Crippen LogP contribution in [0.3, 0.4) is 0 Å². The maximum atomic E-state index is 13.2. The molecule has 0 aliphatic rings. The first kappa shape index (κ1) is 15.6. The zero-order valence-corrected chi connectivity index (χ0v) is 12.6. The molecule has 0 bridgehead atoms. The summed E-state index contributed by atoms with van der Waals surface area (Å²) >= 11 is 6.10. The Morgan fingerprint density at radius 3 is 2.67 bits per heavy atom. The molecule has 0 spiro atoms. The molecule has 0 amide bonds. The van der Waals surface area contributed by atoms with E-state index in [0.717, 1.165) is 5.69 Å². The summed E-state index contributed by atoms with van der Waals surface area (Å²) in [5.74, 6) is 0.288. The van der Waals surface area contributed by atoms with Gasteiger partial charge in [-0.3, -0.25) is 0 Å². The third-order valence-electron chi connectivity index (χ3n) is 3.33. The predicted octanol–water partition coefficient (Wildman–Crippen LogP) is 3.81. The first-order valence-corrected chi connectivity index (χ1v) is 6.85. The second kappa shape index (κ2) is 6.33. The molecule has 2 aromatic rings. The molecule has 2 N–H and O–H groups in total. The number of halogens is 2. The molecule has 0 aliphatic carbocycles. The molecule has 3 nitrogen and oxygen atoms in total. The van der Waals surface area contributed by atoms with Gasteiger partial charge in [-0.2, -0.15) is 0 Å². The molecular weight excluding hydrogens is 293 g/mol. The number of benzene rings is 2. The van der Waals surface area contributed by atoms with Gasteiger partial charge in [0.2, 0.25) is 0 Å². The number of rotatable bonds is 5. The van der Waals surface area contributed by atoms with Gasteiger partial charge in [-0.1, -0.05) is 23.7 Å². The molecule has 2 rings (SSSR count). The normalized spacial score (nSPS) is 13.6. The Bertz CT molecular complexity index is 635.